The Labute approximate surface area is 189 Å². The molecule has 0 saturated carbocycles. The molecule has 9 heteroatoms. The number of hydrogen-bond acceptors (Lipinski definition) is 6. The lowest BCUT2D eigenvalue weighted by Crippen LogP contribution is -2.39. The molecule has 1 N–H and O–H groups in total. The summed E-state index contributed by atoms with van der Waals surface area (Å²) < 4.78 is 10.9. The average Bonchev–Trinajstić information content (AvgIpc) is 3.32. The van der Waals surface area contributed by atoms with Gasteiger partial charge in [0.2, 0.25) is 0 Å². The number of aliphatic imine (C=N–C) groups is 1. The van der Waals surface area contributed by atoms with Gasteiger partial charge < -0.3 is 19.4 Å². The average molecular weight is 521 g/mol. The monoisotopic (exact) mass is 521 g/mol. The zero-order valence-electron chi connectivity index (χ0n) is 17.5. The van der Waals surface area contributed by atoms with E-state index in [-0.39, 0.29) is 36.1 Å². The van der Waals surface area contributed by atoms with Gasteiger partial charge in [-0.25, -0.2) is 4.98 Å². The van der Waals surface area contributed by atoms with Crippen LogP contribution in [0.25, 0.3) is 0 Å². The Morgan fingerprint density at radius 3 is 2.71 bits per heavy atom. The zero-order valence-corrected chi connectivity index (χ0v) is 20.7. The van der Waals surface area contributed by atoms with Crippen molar-refractivity contribution in [3.8, 4) is 0 Å². The molecule has 2 unspecified atom stereocenters. The first-order valence-electron chi connectivity index (χ1n) is 9.12. The summed E-state index contributed by atoms with van der Waals surface area (Å²) in [7, 11) is 7.80. The highest BCUT2D eigenvalue weighted by Crippen LogP contribution is 2.21. The van der Waals surface area contributed by atoms with E-state index in [4.69, 9.17) is 14.1 Å². The molecular weight excluding hydrogens is 489 g/mol. The molecule has 0 aliphatic carbocycles. The Hall–Kier alpha value is -1.17. The maximum atomic E-state index is 5.58. The highest BCUT2D eigenvalue weighted by molar-refractivity contribution is 14.0. The van der Waals surface area contributed by atoms with Gasteiger partial charge in [0.1, 0.15) is 16.9 Å². The number of halogens is 1. The fourth-order valence-electron chi connectivity index (χ4n) is 2.63. The predicted octanol–water partition coefficient (Wildman–Crippen LogP) is 3.76. The quantitative estimate of drug-likeness (QED) is 0.308. The number of aromatic nitrogens is 1. The lowest BCUT2D eigenvalue weighted by Gasteiger charge is -2.24. The fraction of sp³-hybridized carbons (Fsp3) is 0.579. The molecule has 2 atom stereocenters. The summed E-state index contributed by atoms with van der Waals surface area (Å²) in [5, 5.41) is 6.43. The molecule has 0 aromatic carbocycles. The van der Waals surface area contributed by atoms with Crippen LogP contribution in [0, 0.1) is 0 Å². The van der Waals surface area contributed by atoms with Gasteiger partial charge in [0.05, 0.1) is 31.1 Å². The molecule has 0 bridgehead atoms. The van der Waals surface area contributed by atoms with Crippen LogP contribution < -0.4 is 5.32 Å². The molecule has 0 fully saturated rings. The standard InChI is InChI=1S/C19H31N5O2S.HI/c1-7-20-19(21-11-16(23(3)4)17-9-8-10-26-17)24(5)12-15-13-27-18(22-15)14(2)25-6;/h8-10,13-14,16H,7,11-12H2,1-6H3,(H,20,21);1H. The molecule has 2 aromatic heterocycles. The molecule has 2 heterocycles. The number of nitrogens with one attached hydrogen (secondary N) is 1. The second-order valence-corrected chi connectivity index (χ2v) is 7.49. The smallest absolute Gasteiger partial charge is 0.194 e. The van der Waals surface area contributed by atoms with Crippen molar-refractivity contribution in [1.82, 2.24) is 20.1 Å². The van der Waals surface area contributed by atoms with E-state index in [1.54, 1.807) is 24.7 Å². The van der Waals surface area contributed by atoms with Crippen LogP contribution in [0.2, 0.25) is 0 Å². The molecule has 0 saturated heterocycles. The molecule has 2 aromatic rings. The van der Waals surface area contributed by atoms with Crippen molar-refractivity contribution in [3.63, 3.8) is 0 Å². The molecule has 0 aliphatic heterocycles. The second-order valence-electron chi connectivity index (χ2n) is 6.60. The van der Waals surface area contributed by atoms with Gasteiger partial charge in [0, 0.05) is 26.1 Å². The number of rotatable bonds is 9. The van der Waals surface area contributed by atoms with E-state index in [2.05, 4.69) is 32.4 Å². The van der Waals surface area contributed by atoms with Gasteiger partial charge in [-0.3, -0.25) is 9.89 Å². The first kappa shape index (κ1) is 24.9. The minimum atomic E-state index is 0. The molecule has 7 nitrogen and oxygen atoms in total. The summed E-state index contributed by atoms with van der Waals surface area (Å²) >= 11 is 1.63. The van der Waals surface area contributed by atoms with Crippen molar-refractivity contribution < 1.29 is 9.15 Å². The van der Waals surface area contributed by atoms with Crippen LogP contribution in [0.15, 0.2) is 33.2 Å². The SMILES string of the molecule is CCNC(=NCC(c1ccco1)N(C)C)N(C)Cc1csc(C(C)OC)n1.I. The van der Waals surface area contributed by atoms with Crippen molar-refractivity contribution in [2.75, 3.05) is 41.3 Å². The largest absolute Gasteiger partial charge is 0.468 e. The van der Waals surface area contributed by atoms with E-state index in [1.165, 1.54) is 0 Å². The molecule has 2 rings (SSSR count). The lowest BCUT2D eigenvalue weighted by atomic mass is 10.2. The minimum absolute atomic E-state index is 0. The number of likely N-dealkylation sites (N-methyl/N-ethyl adjacent to an activating group) is 1. The molecule has 28 heavy (non-hydrogen) atoms. The minimum Gasteiger partial charge on any atom is -0.468 e. The van der Waals surface area contributed by atoms with Crippen LogP contribution in [0.3, 0.4) is 0 Å². The summed E-state index contributed by atoms with van der Waals surface area (Å²) in [6.45, 7) is 6.18. The van der Waals surface area contributed by atoms with E-state index in [0.29, 0.717) is 13.1 Å². The van der Waals surface area contributed by atoms with E-state index in [9.17, 15) is 0 Å². The first-order chi connectivity index (χ1) is 13.0. The number of guanidine groups is 1. The third-order valence-corrected chi connectivity index (χ3v) is 5.33. The fourth-order valence-corrected chi connectivity index (χ4v) is 3.47. The number of furan rings is 1. The topological polar surface area (TPSA) is 66.1 Å². The van der Waals surface area contributed by atoms with Crippen molar-refractivity contribution in [1.29, 1.82) is 0 Å². The zero-order chi connectivity index (χ0) is 19.8. The van der Waals surface area contributed by atoms with Gasteiger partial charge >= 0.3 is 0 Å². The normalized spacial score (nSPS) is 13.9. The summed E-state index contributed by atoms with van der Waals surface area (Å²) in [5.74, 6) is 1.77. The second kappa shape index (κ2) is 12.4. The third kappa shape index (κ3) is 7.02. The summed E-state index contributed by atoms with van der Waals surface area (Å²) in [5.41, 5.74) is 1.02. The molecule has 158 valence electrons. The Morgan fingerprint density at radius 2 is 2.14 bits per heavy atom. The maximum Gasteiger partial charge on any atom is 0.194 e. The van der Waals surface area contributed by atoms with Crippen LogP contribution in [-0.4, -0.2) is 62.1 Å². The molecular formula is C19H32IN5O2S. The summed E-state index contributed by atoms with van der Waals surface area (Å²) in [6, 6.07) is 3.99. The first-order valence-corrected chi connectivity index (χ1v) is 10.0. The summed E-state index contributed by atoms with van der Waals surface area (Å²) in [4.78, 5) is 13.7. The van der Waals surface area contributed by atoms with Crippen molar-refractivity contribution in [3.05, 3.63) is 40.2 Å². The van der Waals surface area contributed by atoms with Crippen LogP contribution in [0.1, 0.15) is 42.5 Å². The van der Waals surface area contributed by atoms with Gasteiger partial charge in [0.15, 0.2) is 5.96 Å². The molecule has 0 amide bonds. The van der Waals surface area contributed by atoms with Gasteiger partial charge in [-0.1, -0.05) is 0 Å². The highest BCUT2D eigenvalue weighted by Gasteiger charge is 2.18. The maximum absolute atomic E-state index is 5.58. The summed E-state index contributed by atoms with van der Waals surface area (Å²) in [6.07, 6.45) is 1.72. The van der Waals surface area contributed by atoms with Crippen LogP contribution in [-0.2, 0) is 11.3 Å². The third-order valence-electron chi connectivity index (χ3n) is 4.28. The Bertz CT molecular complexity index is 705. The Kier molecular flexibility index (Phi) is 11.0. The van der Waals surface area contributed by atoms with E-state index < -0.39 is 0 Å². The lowest BCUT2D eigenvalue weighted by molar-refractivity contribution is 0.119. The number of nitrogens with zero attached hydrogens (tertiary/aromatic N) is 4. The Balaban J connectivity index is 0.00000392. The van der Waals surface area contributed by atoms with Gasteiger partial charge in [-0.15, -0.1) is 35.3 Å². The van der Waals surface area contributed by atoms with Gasteiger partial charge in [-0.05, 0) is 40.1 Å². The van der Waals surface area contributed by atoms with Crippen molar-refractivity contribution >= 4 is 41.3 Å². The number of thiazole rings is 1. The van der Waals surface area contributed by atoms with E-state index in [1.807, 2.05) is 40.2 Å². The van der Waals surface area contributed by atoms with Gasteiger partial charge in [0.25, 0.3) is 0 Å². The predicted molar refractivity (Wildman–Crippen MR) is 126 cm³/mol. The molecule has 0 radical (unpaired) electrons. The Morgan fingerprint density at radius 1 is 1.39 bits per heavy atom. The van der Waals surface area contributed by atoms with Crippen LogP contribution in [0.4, 0.5) is 0 Å². The molecule has 0 spiro atoms. The van der Waals surface area contributed by atoms with E-state index >= 15 is 0 Å². The van der Waals surface area contributed by atoms with Crippen molar-refractivity contribution in [2.45, 2.75) is 32.5 Å². The van der Waals surface area contributed by atoms with Crippen LogP contribution >= 0.6 is 35.3 Å². The van der Waals surface area contributed by atoms with Gasteiger partial charge in [-0.2, -0.15) is 0 Å². The van der Waals surface area contributed by atoms with Crippen LogP contribution in [0.5, 0.6) is 0 Å². The number of ether oxygens (including phenoxy) is 1. The van der Waals surface area contributed by atoms with E-state index in [0.717, 1.165) is 29.0 Å². The number of hydrogen-bond donors (Lipinski definition) is 1. The number of methoxy groups -OCH3 is 1. The van der Waals surface area contributed by atoms with Crippen molar-refractivity contribution in [2.24, 2.45) is 4.99 Å². The molecule has 0 aliphatic rings. The highest BCUT2D eigenvalue weighted by atomic mass is 127.